The Morgan fingerprint density at radius 2 is 0.902 bits per heavy atom. The Bertz CT molecular complexity index is 3660. The van der Waals surface area contributed by atoms with Gasteiger partial charge in [-0.1, -0.05) is 146 Å². The maximum absolute atomic E-state index is 6.78. The molecule has 61 heavy (non-hydrogen) atoms. The molecular weight excluding hydrogens is 745 g/mol. The molecule has 12 aromatic rings. The van der Waals surface area contributed by atoms with E-state index in [1.807, 2.05) is 18.2 Å². The summed E-state index contributed by atoms with van der Waals surface area (Å²) >= 11 is 0. The summed E-state index contributed by atoms with van der Waals surface area (Å²) in [6.07, 6.45) is 0. The van der Waals surface area contributed by atoms with Gasteiger partial charge in [-0.2, -0.15) is 0 Å². The van der Waals surface area contributed by atoms with Crippen molar-refractivity contribution >= 4 is 54.4 Å². The van der Waals surface area contributed by atoms with Crippen LogP contribution in [0.1, 0.15) is 0 Å². The number of hydrogen-bond acceptors (Lipinski definition) is 3. The van der Waals surface area contributed by atoms with E-state index in [9.17, 15) is 0 Å². The third-order valence-electron chi connectivity index (χ3n) is 12.3. The topological polar surface area (TPSA) is 44.9 Å². The molecule has 0 atom stereocenters. The van der Waals surface area contributed by atoms with Gasteiger partial charge in [0.2, 0.25) is 5.95 Å². The van der Waals surface area contributed by atoms with Crippen molar-refractivity contribution in [3.63, 3.8) is 0 Å². The van der Waals surface area contributed by atoms with Crippen molar-refractivity contribution in [1.82, 2.24) is 19.1 Å². The van der Waals surface area contributed by atoms with E-state index in [1.165, 1.54) is 27.4 Å². The third kappa shape index (κ3) is 5.14. The van der Waals surface area contributed by atoms with Crippen LogP contribution in [0.2, 0.25) is 0 Å². The minimum absolute atomic E-state index is 0.599. The van der Waals surface area contributed by atoms with E-state index in [1.54, 1.807) is 0 Å². The number of rotatable bonds is 5. The summed E-state index contributed by atoms with van der Waals surface area (Å²) in [5, 5.41) is 6.94. The lowest BCUT2D eigenvalue weighted by molar-refractivity contribution is 0.487. The van der Waals surface area contributed by atoms with Gasteiger partial charge in [0.1, 0.15) is 11.5 Å². The first-order valence-electron chi connectivity index (χ1n) is 20.7. The zero-order valence-electron chi connectivity index (χ0n) is 32.8. The van der Waals surface area contributed by atoms with Crippen LogP contribution in [0.15, 0.2) is 206 Å². The fraction of sp³-hybridized carbons (Fsp3) is 0. The standard InChI is InChI=1S/C56H34N4O/c1-4-15-35(16-5-1)46-33-47(36-17-6-2-7-18-36)58-56(57-46)60-50-30-28-38(37-27-29-49-44(31-37)40-21-10-12-25-48(40)59(49)39-19-8-3-9-20-39)32-45(50)54-43-24-14-23-42-41-22-11-13-26-52(41)61-53(55(42)43)34-51(54)60/h1-34H. The van der Waals surface area contributed by atoms with Gasteiger partial charge in [-0.3, -0.25) is 4.57 Å². The molecule has 0 radical (unpaired) electrons. The van der Waals surface area contributed by atoms with Gasteiger partial charge in [0, 0.05) is 55.4 Å². The predicted octanol–water partition coefficient (Wildman–Crippen LogP) is 14.6. The van der Waals surface area contributed by atoms with Gasteiger partial charge in [0.15, 0.2) is 0 Å². The Morgan fingerprint density at radius 1 is 0.328 bits per heavy atom. The van der Waals surface area contributed by atoms with Gasteiger partial charge in [0.05, 0.1) is 33.5 Å². The number of para-hydroxylation sites is 3. The SMILES string of the molecule is c1ccc(-c2cc(-c3ccccc3)nc(-n3c4ccc(-c5ccc6c(c5)c5ccccc5n6-c5ccccc5)cc4c4c5cccc6c5c(cc43)Oc3ccccc3-6)n2)cc1. The van der Waals surface area contributed by atoms with E-state index < -0.39 is 0 Å². The van der Waals surface area contributed by atoms with E-state index in [0.717, 1.165) is 89.0 Å². The van der Waals surface area contributed by atoms with Crippen molar-refractivity contribution in [2.75, 3.05) is 0 Å². The molecule has 0 saturated heterocycles. The molecule has 5 heteroatoms. The Morgan fingerprint density at radius 3 is 1.64 bits per heavy atom. The van der Waals surface area contributed by atoms with Crippen LogP contribution in [0.3, 0.4) is 0 Å². The first kappa shape index (κ1) is 33.7. The number of nitrogens with zero attached hydrogens (tertiary/aromatic N) is 4. The molecule has 284 valence electrons. The quantitative estimate of drug-likeness (QED) is 0.175. The molecule has 3 aromatic heterocycles. The Balaban J connectivity index is 1.10. The molecule has 1 aliphatic rings. The second-order valence-corrected chi connectivity index (χ2v) is 15.8. The van der Waals surface area contributed by atoms with E-state index in [2.05, 4.69) is 197 Å². The lowest BCUT2D eigenvalue weighted by atomic mass is 9.92. The molecule has 4 heterocycles. The van der Waals surface area contributed by atoms with Crippen LogP contribution in [0.5, 0.6) is 11.5 Å². The van der Waals surface area contributed by atoms with E-state index in [-0.39, 0.29) is 0 Å². The minimum atomic E-state index is 0.599. The molecule has 0 saturated carbocycles. The van der Waals surface area contributed by atoms with Crippen molar-refractivity contribution in [3.05, 3.63) is 206 Å². The maximum atomic E-state index is 6.78. The lowest BCUT2D eigenvalue weighted by Crippen LogP contribution is -2.04. The van der Waals surface area contributed by atoms with E-state index in [4.69, 9.17) is 14.7 Å². The Kier molecular flexibility index (Phi) is 7.24. The molecule has 0 bridgehead atoms. The smallest absolute Gasteiger partial charge is 0.235 e. The zero-order valence-corrected chi connectivity index (χ0v) is 32.8. The van der Waals surface area contributed by atoms with Crippen LogP contribution in [0, 0.1) is 0 Å². The van der Waals surface area contributed by atoms with Crippen molar-refractivity contribution in [2.24, 2.45) is 0 Å². The van der Waals surface area contributed by atoms with Crippen LogP contribution in [0.4, 0.5) is 0 Å². The largest absolute Gasteiger partial charge is 0.456 e. The summed E-state index contributed by atoms with van der Waals surface area (Å²) in [5.74, 6) is 2.27. The van der Waals surface area contributed by atoms with Crippen molar-refractivity contribution in [2.45, 2.75) is 0 Å². The zero-order chi connectivity index (χ0) is 40.0. The van der Waals surface area contributed by atoms with E-state index in [0.29, 0.717) is 5.95 Å². The third-order valence-corrected chi connectivity index (χ3v) is 12.3. The van der Waals surface area contributed by atoms with Crippen molar-refractivity contribution in [3.8, 4) is 67.9 Å². The molecule has 1 aliphatic heterocycles. The van der Waals surface area contributed by atoms with Crippen LogP contribution in [0.25, 0.3) is 111 Å². The molecule has 0 amide bonds. The average Bonchev–Trinajstić information content (AvgIpc) is 3.84. The molecule has 13 rings (SSSR count). The monoisotopic (exact) mass is 778 g/mol. The van der Waals surface area contributed by atoms with Gasteiger partial charge in [0.25, 0.3) is 0 Å². The van der Waals surface area contributed by atoms with Crippen LogP contribution >= 0.6 is 0 Å². The van der Waals surface area contributed by atoms with Crippen LogP contribution < -0.4 is 4.74 Å². The summed E-state index contributed by atoms with van der Waals surface area (Å²) in [6, 6.07) is 73.0. The number of hydrogen-bond donors (Lipinski definition) is 0. The van der Waals surface area contributed by atoms with Crippen molar-refractivity contribution in [1.29, 1.82) is 0 Å². The molecule has 5 nitrogen and oxygen atoms in total. The van der Waals surface area contributed by atoms with Gasteiger partial charge in [-0.15, -0.1) is 0 Å². The highest BCUT2D eigenvalue weighted by Gasteiger charge is 2.26. The fourth-order valence-corrected chi connectivity index (χ4v) is 9.61. The summed E-state index contributed by atoms with van der Waals surface area (Å²) in [7, 11) is 0. The Hall–Kier alpha value is -8.28. The average molecular weight is 779 g/mol. The first-order chi connectivity index (χ1) is 30.2. The molecular formula is C56H34N4O. The minimum Gasteiger partial charge on any atom is -0.456 e. The Labute approximate surface area is 351 Å². The summed E-state index contributed by atoms with van der Waals surface area (Å²) in [4.78, 5) is 10.7. The molecule has 0 unspecified atom stereocenters. The van der Waals surface area contributed by atoms with Gasteiger partial charge < -0.3 is 9.30 Å². The van der Waals surface area contributed by atoms with Crippen LogP contribution in [-0.2, 0) is 0 Å². The second kappa shape index (κ2) is 13.1. The molecule has 0 fully saturated rings. The molecule has 0 N–H and O–H groups in total. The second-order valence-electron chi connectivity index (χ2n) is 15.8. The normalized spacial score (nSPS) is 12.1. The van der Waals surface area contributed by atoms with E-state index >= 15 is 0 Å². The first-order valence-corrected chi connectivity index (χ1v) is 20.7. The number of benzene rings is 9. The van der Waals surface area contributed by atoms with Gasteiger partial charge in [-0.05, 0) is 76.7 Å². The highest BCUT2D eigenvalue weighted by molar-refractivity contribution is 6.26. The molecule has 9 aromatic carbocycles. The fourth-order valence-electron chi connectivity index (χ4n) is 9.61. The predicted molar refractivity (Wildman–Crippen MR) is 250 cm³/mol. The van der Waals surface area contributed by atoms with Crippen molar-refractivity contribution < 1.29 is 4.74 Å². The number of ether oxygens (including phenoxy) is 1. The number of aromatic nitrogens is 4. The maximum Gasteiger partial charge on any atom is 0.235 e. The number of fused-ring (bicyclic) bond motifs is 9. The molecule has 0 spiro atoms. The highest BCUT2D eigenvalue weighted by Crippen LogP contribution is 2.51. The summed E-state index contributed by atoms with van der Waals surface area (Å²) in [6.45, 7) is 0. The van der Waals surface area contributed by atoms with Gasteiger partial charge in [-0.25, -0.2) is 9.97 Å². The van der Waals surface area contributed by atoms with Crippen LogP contribution in [-0.4, -0.2) is 19.1 Å². The summed E-state index contributed by atoms with van der Waals surface area (Å²) in [5.41, 5.74) is 13.8. The highest BCUT2D eigenvalue weighted by atomic mass is 16.5. The van der Waals surface area contributed by atoms with Gasteiger partial charge >= 0.3 is 0 Å². The lowest BCUT2D eigenvalue weighted by Gasteiger charge is -2.22. The summed E-state index contributed by atoms with van der Waals surface area (Å²) < 4.78 is 11.4. The molecule has 0 aliphatic carbocycles.